The number of ether oxygens (including phenoxy) is 5. The number of fused-ring (bicyclic) bond motifs is 1. The summed E-state index contributed by atoms with van der Waals surface area (Å²) in [5.41, 5.74) is 0.627. The summed E-state index contributed by atoms with van der Waals surface area (Å²) in [6, 6.07) is 5.64. The molecule has 3 aliphatic heterocycles. The maximum atomic E-state index is 10.8. The maximum absolute atomic E-state index is 10.8. The second-order valence-corrected chi connectivity index (χ2v) is 8.77. The zero-order valence-corrected chi connectivity index (χ0v) is 17.9. The van der Waals surface area contributed by atoms with E-state index in [4.69, 9.17) is 35.9 Å². The van der Waals surface area contributed by atoms with Crippen molar-refractivity contribution in [3.8, 4) is 0 Å². The average molecular weight is 439 g/mol. The maximum Gasteiger partial charge on any atom is 0.269 e. The van der Waals surface area contributed by atoms with E-state index in [-0.39, 0.29) is 17.8 Å². The Kier molecular flexibility index (Phi) is 5.45. The van der Waals surface area contributed by atoms with Crippen molar-refractivity contribution in [2.75, 3.05) is 11.9 Å². The second kappa shape index (κ2) is 7.66. The van der Waals surface area contributed by atoms with E-state index in [0.717, 1.165) is 0 Å². The number of anilines is 1. The SMILES string of the molecule is CC1(C)OCC([C@H]2O[C@@H]3OC(C)(C)O[C@@H]3[C@@H]2NC(=S)Nc2ccc([N+](=O)[O-])cc2)O1. The monoisotopic (exact) mass is 439 g/mol. The molecule has 3 aliphatic rings. The van der Waals surface area contributed by atoms with Gasteiger partial charge in [-0.15, -0.1) is 0 Å². The van der Waals surface area contributed by atoms with Gasteiger partial charge in [-0.3, -0.25) is 10.1 Å². The highest BCUT2D eigenvalue weighted by atomic mass is 32.1. The number of nitrogens with one attached hydrogen (secondary N) is 2. The topological polar surface area (TPSA) is 113 Å². The third-order valence-electron chi connectivity index (χ3n) is 5.12. The van der Waals surface area contributed by atoms with E-state index in [9.17, 15) is 10.1 Å². The first-order chi connectivity index (χ1) is 14.0. The molecule has 0 radical (unpaired) electrons. The van der Waals surface area contributed by atoms with Crippen LogP contribution in [-0.4, -0.2) is 58.9 Å². The van der Waals surface area contributed by atoms with Crippen LogP contribution in [0.3, 0.4) is 0 Å². The van der Waals surface area contributed by atoms with Gasteiger partial charge in [-0.25, -0.2) is 0 Å². The van der Waals surface area contributed by atoms with Gasteiger partial charge in [0.15, 0.2) is 23.0 Å². The minimum absolute atomic E-state index is 0.00580. The molecule has 4 rings (SSSR count). The smallest absolute Gasteiger partial charge is 0.269 e. The van der Waals surface area contributed by atoms with Gasteiger partial charge < -0.3 is 34.3 Å². The molecular formula is C19H25N3O7S. The molecule has 11 heteroatoms. The molecule has 30 heavy (non-hydrogen) atoms. The van der Waals surface area contributed by atoms with Gasteiger partial charge in [0.1, 0.15) is 18.3 Å². The van der Waals surface area contributed by atoms with E-state index >= 15 is 0 Å². The van der Waals surface area contributed by atoms with E-state index < -0.39 is 35.0 Å². The number of rotatable bonds is 4. The molecule has 0 spiro atoms. The van der Waals surface area contributed by atoms with Gasteiger partial charge >= 0.3 is 0 Å². The Morgan fingerprint density at radius 2 is 1.80 bits per heavy atom. The molecule has 1 unspecified atom stereocenters. The molecule has 0 amide bonds. The fraction of sp³-hybridized carbons (Fsp3) is 0.632. The molecule has 3 heterocycles. The molecule has 5 atom stereocenters. The average Bonchev–Trinajstić information content (AvgIpc) is 3.25. The fourth-order valence-electron chi connectivity index (χ4n) is 3.88. The third kappa shape index (κ3) is 4.41. The van der Waals surface area contributed by atoms with Crippen molar-refractivity contribution < 1.29 is 28.6 Å². The van der Waals surface area contributed by atoms with Gasteiger partial charge in [-0.2, -0.15) is 0 Å². The summed E-state index contributed by atoms with van der Waals surface area (Å²) in [7, 11) is 0. The second-order valence-electron chi connectivity index (χ2n) is 8.36. The van der Waals surface area contributed by atoms with Crippen LogP contribution in [-0.2, 0) is 23.7 Å². The number of thiocarbonyl (C=S) groups is 1. The molecule has 0 bridgehead atoms. The molecule has 0 aromatic heterocycles. The van der Waals surface area contributed by atoms with Crippen LogP contribution >= 0.6 is 12.2 Å². The molecule has 1 aromatic carbocycles. The van der Waals surface area contributed by atoms with Gasteiger partial charge in [0.2, 0.25) is 0 Å². The van der Waals surface area contributed by atoms with Gasteiger partial charge in [0, 0.05) is 17.8 Å². The summed E-state index contributed by atoms with van der Waals surface area (Å²) in [4.78, 5) is 10.4. The van der Waals surface area contributed by atoms with Crippen molar-refractivity contribution in [1.82, 2.24) is 5.32 Å². The summed E-state index contributed by atoms with van der Waals surface area (Å²) in [5.74, 6) is -1.48. The van der Waals surface area contributed by atoms with Crippen LogP contribution in [0.1, 0.15) is 27.7 Å². The molecule has 164 valence electrons. The Labute approximate surface area is 179 Å². The first kappa shape index (κ1) is 21.3. The summed E-state index contributed by atoms with van der Waals surface area (Å²) >= 11 is 5.47. The Balaban J connectivity index is 1.46. The number of nitrogens with zero attached hydrogens (tertiary/aromatic N) is 1. The summed E-state index contributed by atoms with van der Waals surface area (Å²) < 4.78 is 29.7. The lowest BCUT2D eigenvalue weighted by Crippen LogP contribution is -2.53. The van der Waals surface area contributed by atoms with Crippen LogP contribution in [0.15, 0.2) is 24.3 Å². The molecule has 0 aliphatic carbocycles. The van der Waals surface area contributed by atoms with Crippen LogP contribution in [0, 0.1) is 10.1 Å². The van der Waals surface area contributed by atoms with Gasteiger partial charge in [-0.1, -0.05) is 0 Å². The van der Waals surface area contributed by atoms with Gasteiger partial charge in [0.05, 0.1) is 17.6 Å². The lowest BCUT2D eigenvalue weighted by atomic mass is 10.0. The molecule has 2 N–H and O–H groups in total. The zero-order chi connectivity index (χ0) is 21.7. The number of hydrogen-bond acceptors (Lipinski definition) is 8. The first-order valence-electron chi connectivity index (χ1n) is 9.68. The zero-order valence-electron chi connectivity index (χ0n) is 17.1. The Hall–Kier alpha value is -1.89. The fourth-order valence-corrected chi connectivity index (χ4v) is 4.13. The number of nitro groups is 1. The quantitative estimate of drug-likeness (QED) is 0.411. The van der Waals surface area contributed by atoms with E-state index in [1.165, 1.54) is 12.1 Å². The van der Waals surface area contributed by atoms with Crippen LogP contribution in [0.4, 0.5) is 11.4 Å². The third-order valence-corrected chi connectivity index (χ3v) is 5.34. The largest absolute Gasteiger partial charge is 0.354 e. The van der Waals surface area contributed by atoms with Crippen molar-refractivity contribution in [3.63, 3.8) is 0 Å². The van der Waals surface area contributed by atoms with Crippen molar-refractivity contribution in [2.24, 2.45) is 0 Å². The molecule has 1 aromatic rings. The summed E-state index contributed by atoms with van der Waals surface area (Å²) in [6.07, 6.45) is -1.68. The first-order valence-corrected chi connectivity index (χ1v) is 10.1. The lowest BCUT2D eigenvalue weighted by molar-refractivity contribution is -0.384. The van der Waals surface area contributed by atoms with Crippen molar-refractivity contribution in [1.29, 1.82) is 0 Å². The molecule has 3 fully saturated rings. The van der Waals surface area contributed by atoms with Crippen molar-refractivity contribution >= 4 is 28.7 Å². The van der Waals surface area contributed by atoms with E-state index in [0.29, 0.717) is 17.4 Å². The molecule has 3 saturated heterocycles. The highest BCUT2D eigenvalue weighted by Crippen LogP contribution is 2.40. The van der Waals surface area contributed by atoms with E-state index in [1.54, 1.807) is 12.1 Å². The van der Waals surface area contributed by atoms with Crippen LogP contribution in [0.5, 0.6) is 0 Å². The number of benzene rings is 1. The Bertz CT molecular complexity index is 832. The molecule has 0 saturated carbocycles. The van der Waals surface area contributed by atoms with Gasteiger partial charge in [0.25, 0.3) is 5.69 Å². The minimum Gasteiger partial charge on any atom is -0.354 e. The Morgan fingerprint density at radius 1 is 1.10 bits per heavy atom. The Morgan fingerprint density at radius 3 is 2.40 bits per heavy atom. The van der Waals surface area contributed by atoms with Crippen molar-refractivity contribution in [2.45, 2.75) is 69.9 Å². The summed E-state index contributed by atoms with van der Waals surface area (Å²) in [5, 5.41) is 17.4. The predicted octanol–water partition coefficient (Wildman–Crippen LogP) is 2.28. The molecular weight excluding hydrogens is 414 g/mol. The summed E-state index contributed by atoms with van der Waals surface area (Å²) in [6.45, 7) is 7.73. The minimum atomic E-state index is -0.778. The van der Waals surface area contributed by atoms with Crippen molar-refractivity contribution in [3.05, 3.63) is 34.4 Å². The van der Waals surface area contributed by atoms with E-state index in [2.05, 4.69) is 10.6 Å². The highest BCUT2D eigenvalue weighted by molar-refractivity contribution is 7.80. The predicted molar refractivity (Wildman–Crippen MR) is 110 cm³/mol. The van der Waals surface area contributed by atoms with Crippen LogP contribution in [0.25, 0.3) is 0 Å². The standard InChI is InChI=1S/C19H25N3O7S/c1-18(2)25-9-12(27-18)14-13(15-16(26-14)29-19(3,4)28-15)21-17(30)20-10-5-7-11(8-6-10)22(23)24/h5-8,12-16H,9H2,1-4H3,(H2,20,21,30)/t12?,13-,14-,15-,16-/m1/s1. The number of nitro benzene ring substituents is 1. The number of hydrogen-bond donors (Lipinski definition) is 2. The van der Waals surface area contributed by atoms with Gasteiger partial charge in [-0.05, 0) is 52.0 Å². The lowest BCUT2D eigenvalue weighted by Gasteiger charge is -2.30. The number of non-ortho nitro benzene ring substituents is 1. The van der Waals surface area contributed by atoms with Crippen LogP contribution in [0.2, 0.25) is 0 Å². The van der Waals surface area contributed by atoms with Crippen LogP contribution < -0.4 is 10.6 Å². The molecule has 10 nitrogen and oxygen atoms in total. The van der Waals surface area contributed by atoms with E-state index in [1.807, 2.05) is 27.7 Å². The highest BCUT2D eigenvalue weighted by Gasteiger charge is 2.58. The normalized spacial score (nSPS) is 33.8.